The van der Waals surface area contributed by atoms with Crippen molar-refractivity contribution in [1.29, 1.82) is 0 Å². The van der Waals surface area contributed by atoms with E-state index in [1.165, 1.54) is 11.6 Å². The van der Waals surface area contributed by atoms with Crippen molar-refractivity contribution in [2.75, 3.05) is 0 Å². The van der Waals surface area contributed by atoms with Gasteiger partial charge in [0.25, 0.3) is 0 Å². The number of aromatic amines is 1. The van der Waals surface area contributed by atoms with Gasteiger partial charge in [-0.1, -0.05) is 57.2 Å². The number of nitro groups is 1. The molecule has 0 amide bonds. The molecule has 0 atom stereocenters. The molecular weight excluding hydrogens is 332 g/mol. The zero-order valence-electron chi connectivity index (χ0n) is 14.9. The molecule has 0 unspecified atom stereocenters. The summed E-state index contributed by atoms with van der Waals surface area (Å²) >= 11 is 0. The predicted octanol–water partition coefficient (Wildman–Crippen LogP) is 4.26. The molecule has 1 N–H and O–H groups in total. The molecule has 0 bridgehead atoms. The van der Waals surface area contributed by atoms with Crippen molar-refractivity contribution in [3.8, 4) is 17.1 Å². The minimum Gasteiger partial charge on any atom is -0.479 e. The molecule has 0 aliphatic rings. The fourth-order valence-corrected chi connectivity index (χ4v) is 2.48. The molecule has 0 radical (unpaired) electrons. The van der Waals surface area contributed by atoms with E-state index < -0.39 is 4.92 Å². The van der Waals surface area contributed by atoms with Crippen LogP contribution >= 0.6 is 0 Å². The first-order valence-electron chi connectivity index (χ1n) is 8.23. The molecule has 0 aliphatic heterocycles. The summed E-state index contributed by atoms with van der Waals surface area (Å²) in [6.45, 7) is 6.55. The molecule has 0 saturated heterocycles. The quantitative estimate of drug-likeness (QED) is 0.547. The number of H-pyrrole nitrogens is 1. The number of rotatable bonds is 5. The van der Waals surface area contributed by atoms with Crippen LogP contribution in [0.1, 0.15) is 32.2 Å². The SMILES string of the molecule is CC(C)(C)c1ccc(-c2n[nH]c(COc3ccccc3[N+](=O)[O-])n2)cc1. The van der Waals surface area contributed by atoms with Crippen molar-refractivity contribution < 1.29 is 9.66 Å². The van der Waals surface area contributed by atoms with Gasteiger partial charge in [0, 0.05) is 11.6 Å². The highest BCUT2D eigenvalue weighted by atomic mass is 16.6. The summed E-state index contributed by atoms with van der Waals surface area (Å²) in [5.41, 5.74) is 2.13. The molecule has 134 valence electrons. The summed E-state index contributed by atoms with van der Waals surface area (Å²) in [6.07, 6.45) is 0. The van der Waals surface area contributed by atoms with Gasteiger partial charge in [-0.05, 0) is 17.0 Å². The smallest absolute Gasteiger partial charge is 0.310 e. The Morgan fingerprint density at radius 3 is 2.46 bits per heavy atom. The van der Waals surface area contributed by atoms with Crippen LogP contribution in [0, 0.1) is 10.1 Å². The van der Waals surface area contributed by atoms with Crippen LogP contribution in [0.5, 0.6) is 5.75 Å². The number of ether oxygens (including phenoxy) is 1. The second kappa shape index (κ2) is 6.95. The lowest BCUT2D eigenvalue weighted by atomic mass is 9.87. The number of benzene rings is 2. The molecule has 7 nitrogen and oxygen atoms in total. The van der Waals surface area contributed by atoms with Gasteiger partial charge in [-0.3, -0.25) is 15.2 Å². The maximum absolute atomic E-state index is 11.0. The van der Waals surface area contributed by atoms with Gasteiger partial charge in [-0.15, -0.1) is 0 Å². The summed E-state index contributed by atoms with van der Waals surface area (Å²) in [6, 6.07) is 14.3. The lowest BCUT2D eigenvalue weighted by molar-refractivity contribution is -0.385. The highest BCUT2D eigenvalue weighted by Crippen LogP contribution is 2.27. The van der Waals surface area contributed by atoms with Crippen molar-refractivity contribution >= 4 is 5.69 Å². The summed E-state index contributed by atoms with van der Waals surface area (Å²) in [4.78, 5) is 14.9. The Morgan fingerprint density at radius 2 is 1.81 bits per heavy atom. The van der Waals surface area contributed by atoms with Crippen LogP contribution in [0.3, 0.4) is 0 Å². The Labute approximate surface area is 151 Å². The van der Waals surface area contributed by atoms with Gasteiger partial charge in [0.15, 0.2) is 17.4 Å². The molecular formula is C19H20N4O3. The molecule has 1 aromatic heterocycles. The number of nitrogens with one attached hydrogen (secondary N) is 1. The third kappa shape index (κ3) is 3.88. The first kappa shape index (κ1) is 17.6. The van der Waals surface area contributed by atoms with E-state index in [1.807, 2.05) is 12.1 Å². The molecule has 3 rings (SSSR count). The van der Waals surface area contributed by atoms with E-state index in [-0.39, 0.29) is 23.5 Å². The summed E-state index contributed by atoms with van der Waals surface area (Å²) < 4.78 is 5.52. The topological polar surface area (TPSA) is 93.9 Å². The Hall–Kier alpha value is -3.22. The van der Waals surface area contributed by atoms with Gasteiger partial charge in [0.2, 0.25) is 0 Å². The van der Waals surface area contributed by atoms with E-state index in [1.54, 1.807) is 18.2 Å². The maximum Gasteiger partial charge on any atom is 0.310 e. The number of hydrogen-bond donors (Lipinski definition) is 1. The highest BCUT2D eigenvalue weighted by molar-refractivity contribution is 5.55. The third-order valence-corrected chi connectivity index (χ3v) is 3.97. The Kier molecular flexibility index (Phi) is 4.71. The highest BCUT2D eigenvalue weighted by Gasteiger charge is 2.16. The van der Waals surface area contributed by atoms with E-state index in [4.69, 9.17) is 4.74 Å². The van der Waals surface area contributed by atoms with Crippen LogP contribution in [0.4, 0.5) is 5.69 Å². The van der Waals surface area contributed by atoms with E-state index in [9.17, 15) is 10.1 Å². The monoisotopic (exact) mass is 352 g/mol. The van der Waals surface area contributed by atoms with Gasteiger partial charge in [0.1, 0.15) is 6.61 Å². The van der Waals surface area contributed by atoms with Crippen molar-refractivity contribution in [1.82, 2.24) is 15.2 Å². The largest absolute Gasteiger partial charge is 0.479 e. The Bertz CT molecular complexity index is 911. The second-order valence-corrected chi connectivity index (χ2v) is 6.95. The van der Waals surface area contributed by atoms with Crippen LogP contribution in [0.25, 0.3) is 11.4 Å². The normalized spacial score (nSPS) is 11.3. The van der Waals surface area contributed by atoms with E-state index in [0.717, 1.165) is 5.56 Å². The zero-order chi connectivity index (χ0) is 18.7. The lowest BCUT2D eigenvalue weighted by Gasteiger charge is -2.18. The van der Waals surface area contributed by atoms with Crippen LogP contribution in [0.2, 0.25) is 0 Å². The molecule has 2 aromatic carbocycles. The average molecular weight is 352 g/mol. The Balaban J connectivity index is 1.72. The van der Waals surface area contributed by atoms with Crippen molar-refractivity contribution in [3.05, 3.63) is 70.0 Å². The standard InChI is InChI=1S/C19H20N4O3/c1-19(2,3)14-10-8-13(9-11-14)18-20-17(21-22-18)12-26-16-7-5-4-6-15(16)23(24)25/h4-11H,12H2,1-3H3,(H,20,21,22). The molecule has 1 heterocycles. The van der Waals surface area contributed by atoms with Crippen molar-refractivity contribution in [2.45, 2.75) is 32.8 Å². The number of para-hydroxylation sites is 2. The van der Waals surface area contributed by atoms with Crippen LogP contribution in [-0.2, 0) is 12.0 Å². The maximum atomic E-state index is 11.0. The summed E-state index contributed by atoms with van der Waals surface area (Å²) in [7, 11) is 0. The average Bonchev–Trinajstić information content (AvgIpc) is 3.08. The van der Waals surface area contributed by atoms with Crippen LogP contribution in [-0.4, -0.2) is 20.1 Å². The van der Waals surface area contributed by atoms with Gasteiger partial charge < -0.3 is 4.74 Å². The first-order valence-corrected chi connectivity index (χ1v) is 8.23. The number of nitro benzene ring substituents is 1. The van der Waals surface area contributed by atoms with Crippen LogP contribution < -0.4 is 4.74 Å². The fourth-order valence-electron chi connectivity index (χ4n) is 2.48. The summed E-state index contributed by atoms with van der Waals surface area (Å²) in [5.74, 6) is 1.26. The van der Waals surface area contributed by atoms with Crippen molar-refractivity contribution in [2.24, 2.45) is 0 Å². The van der Waals surface area contributed by atoms with Gasteiger partial charge in [-0.25, -0.2) is 4.98 Å². The number of nitrogens with zero attached hydrogens (tertiary/aromatic N) is 3. The minimum absolute atomic E-state index is 0.0674. The minimum atomic E-state index is -0.474. The molecule has 26 heavy (non-hydrogen) atoms. The summed E-state index contributed by atoms with van der Waals surface area (Å²) in [5, 5.41) is 18.0. The molecule has 0 spiro atoms. The van der Waals surface area contributed by atoms with E-state index >= 15 is 0 Å². The molecule has 0 aliphatic carbocycles. The first-order chi connectivity index (χ1) is 12.3. The lowest BCUT2D eigenvalue weighted by Crippen LogP contribution is -2.10. The number of aromatic nitrogens is 3. The molecule has 0 fully saturated rings. The Morgan fingerprint density at radius 1 is 1.12 bits per heavy atom. The van der Waals surface area contributed by atoms with Gasteiger partial charge in [-0.2, -0.15) is 5.10 Å². The van der Waals surface area contributed by atoms with Gasteiger partial charge in [0.05, 0.1) is 4.92 Å². The van der Waals surface area contributed by atoms with Crippen LogP contribution in [0.15, 0.2) is 48.5 Å². The van der Waals surface area contributed by atoms with Crippen molar-refractivity contribution in [3.63, 3.8) is 0 Å². The third-order valence-electron chi connectivity index (χ3n) is 3.97. The second-order valence-electron chi connectivity index (χ2n) is 6.95. The molecule has 0 saturated carbocycles. The van der Waals surface area contributed by atoms with E-state index in [2.05, 4.69) is 48.1 Å². The zero-order valence-corrected chi connectivity index (χ0v) is 14.9. The fraction of sp³-hybridized carbons (Fsp3) is 0.263. The predicted molar refractivity (Wildman–Crippen MR) is 97.9 cm³/mol. The number of hydrogen-bond acceptors (Lipinski definition) is 5. The molecule has 3 aromatic rings. The van der Waals surface area contributed by atoms with E-state index in [0.29, 0.717) is 11.6 Å². The van der Waals surface area contributed by atoms with Gasteiger partial charge >= 0.3 is 5.69 Å². The molecule has 7 heteroatoms.